The Morgan fingerprint density at radius 1 is 0.333 bits per heavy atom. The molecule has 0 aromatic heterocycles. The molecule has 1 heterocycles. The van der Waals surface area contributed by atoms with E-state index in [2.05, 4.69) is 39.5 Å². The van der Waals surface area contributed by atoms with E-state index in [0.717, 1.165) is 0 Å². The Hall–Kier alpha value is -3.54. The lowest BCUT2D eigenvalue weighted by atomic mass is 10.5. The zero-order valence-corrected chi connectivity index (χ0v) is 13.2. The van der Waals surface area contributed by atoms with Gasteiger partial charge in [0.05, 0.1) is 0 Å². The van der Waals surface area contributed by atoms with E-state index in [1.54, 1.807) is 0 Å². The van der Waals surface area contributed by atoms with Crippen molar-refractivity contribution in [2.24, 2.45) is 0 Å². The van der Waals surface area contributed by atoms with Gasteiger partial charge in [-0.05, 0) is 0 Å². The molecular formula is C18H18O6. The maximum Gasteiger partial charge on any atom is 0.161 e. The lowest BCUT2D eigenvalue weighted by molar-refractivity contribution is 0.229. The van der Waals surface area contributed by atoms with Crippen molar-refractivity contribution in [1.82, 2.24) is 0 Å². The van der Waals surface area contributed by atoms with Gasteiger partial charge in [0.2, 0.25) is 0 Å². The van der Waals surface area contributed by atoms with Crippen molar-refractivity contribution in [2.45, 2.75) is 0 Å². The fraction of sp³-hybridized carbons (Fsp3) is 0. The maximum absolute atomic E-state index is 5.14. The number of hydrogen-bond acceptors (Lipinski definition) is 6. The van der Waals surface area contributed by atoms with E-state index in [1.807, 2.05) is 0 Å². The second-order valence-corrected chi connectivity index (χ2v) is 4.06. The molecule has 0 bridgehead atoms. The summed E-state index contributed by atoms with van der Waals surface area (Å²) in [4.78, 5) is 0. The summed E-state index contributed by atoms with van der Waals surface area (Å²) in [6.07, 6.45) is 7.35. The SMILES string of the molecule is C=C1O/C=C\OC(=C)C(=C)O/C=C\OC(=C)C(=C)O/C=C\OC1=C. The Labute approximate surface area is 140 Å². The molecule has 0 aromatic rings. The van der Waals surface area contributed by atoms with Gasteiger partial charge in [-0.15, -0.1) is 0 Å². The van der Waals surface area contributed by atoms with Gasteiger partial charge in [-0.2, -0.15) is 0 Å². The molecule has 1 rings (SSSR count). The first-order chi connectivity index (χ1) is 11.4. The van der Waals surface area contributed by atoms with E-state index in [9.17, 15) is 0 Å². The third-order valence-electron chi connectivity index (χ3n) is 2.36. The van der Waals surface area contributed by atoms with E-state index in [0.29, 0.717) is 0 Å². The average molecular weight is 330 g/mol. The molecule has 0 unspecified atom stereocenters. The van der Waals surface area contributed by atoms with Crippen LogP contribution in [0, 0.1) is 0 Å². The highest BCUT2D eigenvalue weighted by molar-refractivity contribution is 5.17. The summed E-state index contributed by atoms with van der Waals surface area (Å²) in [5, 5.41) is 0. The van der Waals surface area contributed by atoms with E-state index in [1.165, 1.54) is 37.6 Å². The molecular weight excluding hydrogens is 312 g/mol. The van der Waals surface area contributed by atoms with Crippen molar-refractivity contribution in [2.75, 3.05) is 0 Å². The topological polar surface area (TPSA) is 55.4 Å². The molecule has 0 saturated carbocycles. The summed E-state index contributed by atoms with van der Waals surface area (Å²) in [6.45, 7) is 21.8. The van der Waals surface area contributed by atoms with Crippen molar-refractivity contribution in [3.63, 3.8) is 0 Å². The zero-order chi connectivity index (χ0) is 17.9. The number of ether oxygens (including phenoxy) is 6. The zero-order valence-electron chi connectivity index (χ0n) is 13.2. The normalized spacial score (nSPS) is 21.5. The first-order valence-electron chi connectivity index (χ1n) is 6.51. The number of rotatable bonds is 0. The summed E-state index contributed by atoms with van der Waals surface area (Å²) in [6, 6.07) is 0. The first kappa shape index (κ1) is 18.5. The maximum atomic E-state index is 5.14. The average Bonchev–Trinajstić information content (AvgIpc) is 2.57. The van der Waals surface area contributed by atoms with E-state index in [4.69, 9.17) is 28.4 Å². The largest absolute Gasteiger partial charge is 0.459 e. The Kier molecular flexibility index (Phi) is 7.30. The number of hydrogen-bond donors (Lipinski definition) is 0. The van der Waals surface area contributed by atoms with E-state index >= 15 is 0 Å². The highest BCUT2D eigenvalue weighted by atomic mass is 16.6. The minimum atomic E-state index is 0.163. The summed E-state index contributed by atoms with van der Waals surface area (Å²) in [5.74, 6) is 0.977. The lowest BCUT2D eigenvalue weighted by Gasteiger charge is -2.10. The van der Waals surface area contributed by atoms with Crippen molar-refractivity contribution in [3.8, 4) is 0 Å². The van der Waals surface area contributed by atoms with Crippen molar-refractivity contribution in [1.29, 1.82) is 0 Å². The predicted octanol–water partition coefficient (Wildman–Crippen LogP) is 4.60. The van der Waals surface area contributed by atoms with Gasteiger partial charge < -0.3 is 28.4 Å². The van der Waals surface area contributed by atoms with Gasteiger partial charge in [0.15, 0.2) is 34.6 Å². The van der Waals surface area contributed by atoms with Gasteiger partial charge in [-0.25, -0.2) is 0 Å². The van der Waals surface area contributed by atoms with Crippen LogP contribution in [0.5, 0.6) is 0 Å². The quantitative estimate of drug-likeness (QED) is 0.647. The first-order valence-corrected chi connectivity index (χ1v) is 6.51. The van der Waals surface area contributed by atoms with Gasteiger partial charge in [0, 0.05) is 0 Å². The minimum absolute atomic E-state index is 0.163. The fourth-order valence-electron chi connectivity index (χ4n) is 1.05. The molecule has 0 radical (unpaired) electrons. The highest BCUT2D eigenvalue weighted by Gasteiger charge is 2.03. The molecule has 0 aliphatic carbocycles. The highest BCUT2D eigenvalue weighted by Crippen LogP contribution is 2.14. The molecule has 0 spiro atoms. The molecule has 0 saturated heterocycles. The molecule has 0 aromatic carbocycles. The predicted molar refractivity (Wildman–Crippen MR) is 88.8 cm³/mol. The van der Waals surface area contributed by atoms with Crippen molar-refractivity contribution < 1.29 is 28.4 Å². The standard InChI is InChI=1S/C18H18O6/c1-13-14(2)20-9-10-22-17(5)18(6)24-12-11-23-16(4)15(3)21-8-7-19-13/h7-12H,1-6H2/b8-7-,10-9-,12-11-. The molecule has 0 fully saturated rings. The van der Waals surface area contributed by atoms with E-state index in [-0.39, 0.29) is 34.6 Å². The Bertz CT molecular complexity index is 504. The van der Waals surface area contributed by atoms with Crippen LogP contribution >= 0.6 is 0 Å². The Morgan fingerprint density at radius 3 is 0.583 bits per heavy atom. The summed E-state index contributed by atoms with van der Waals surface area (Å²) in [7, 11) is 0. The van der Waals surface area contributed by atoms with Gasteiger partial charge in [-0.3, -0.25) is 0 Å². The van der Waals surface area contributed by atoms with Crippen LogP contribution in [0.3, 0.4) is 0 Å². The molecule has 126 valence electrons. The molecule has 1 aliphatic heterocycles. The van der Waals surface area contributed by atoms with Crippen LogP contribution in [0.2, 0.25) is 0 Å². The summed E-state index contributed by atoms with van der Waals surface area (Å²) >= 11 is 0. The molecule has 0 N–H and O–H groups in total. The molecule has 1 aliphatic rings. The van der Waals surface area contributed by atoms with Crippen LogP contribution in [0.25, 0.3) is 0 Å². The van der Waals surface area contributed by atoms with Gasteiger partial charge in [0.1, 0.15) is 37.6 Å². The van der Waals surface area contributed by atoms with Crippen LogP contribution < -0.4 is 0 Å². The summed E-state index contributed by atoms with van der Waals surface area (Å²) in [5.41, 5.74) is 0. The van der Waals surface area contributed by atoms with Crippen LogP contribution in [-0.4, -0.2) is 0 Å². The van der Waals surface area contributed by atoms with Crippen LogP contribution in [0.15, 0.2) is 112 Å². The fourth-order valence-corrected chi connectivity index (χ4v) is 1.05. The van der Waals surface area contributed by atoms with Crippen LogP contribution in [-0.2, 0) is 28.4 Å². The third-order valence-corrected chi connectivity index (χ3v) is 2.36. The molecule has 6 nitrogen and oxygen atoms in total. The van der Waals surface area contributed by atoms with Crippen LogP contribution in [0.1, 0.15) is 0 Å². The Balaban J connectivity index is 2.80. The molecule has 0 atom stereocenters. The van der Waals surface area contributed by atoms with Gasteiger partial charge in [0.25, 0.3) is 0 Å². The van der Waals surface area contributed by atoms with Crippen molar-refractivity contribution in [3.05, 3.63) is 112 Å². The Morgan fingerprint density at radius 2 is 0.458 bits per heavy atom. The van der Waals surface area contributed by atoms with Crippen molar-refractivity contribution >= 4 is 0 Å². The third kappa shape index (κ3) is 6.48. The lowest BCUT2D eigenvalue weighted by Crippen LogP contribution is -1.94. The van der Waals surface area contributed by atoms with Gasteiger partial charge >= 0.3 is 0 Å². The molecule has 6 heteroatoms. The monoisotopic (exact) mass is 330 g/mol. The smallest absolute Gasteiger partial charge is 0.161 e. The van der Waals surface area contributed by atoms with Crippen LogP contribution in [0.4, 0.5) is 0 Å². The second-order valence-electron chi connectivity index (χ2n) is 4.06. The molecule has 0 amide bonds. The minimum Gasteiger partial charge on any atom is -0.459 e. The second kappa shape index (κ2) is 9.47. The van der Waals surface area contributed by atoms with E-state index < -0.39 is 0 Å². The van der Waals surface area contributed by atoms with Gasteiger partial charge in [-0.1, -0.05) is 39.5 Å². The summed E-state index contributed by atoms with van der Waals surface area (Å²) < 4.78 is 30.9. The molecule has 24 heavy (non-hydrogen) atoms.